The zero-order valence-electron chi connectivity index (χ0n) is 10.6. The number of carbonyl (C=O) groups is 2. The summed E-state index contributed by atoms with van der Waals surface area (Å²) in [7, 11) is 1.34. The predicted molar refractivity (Wildman–Crippen MR) is 79.1 cm³/mol. The van der Waals surface area contributed by atoms with E-state index in [0.717, 1.165) is 9.35 Å². The van der Waals surface area contributed by atoms with Crippen LogP contribution in [0.15, 0.2) is 40.2 Å². The molecule has 0 spiro atoms. The summed E-state index contributed by atoms with van der Waals surface area (Å²) in [6, 6.07) is 10.2. The van der Waals surface area contributed by atoms with Gasteiger partial charge in [0.05, 0.1) is 17.3 Å². The normalized spacial score (nSPS) is 10.1. The molecule has 0 aliphatic rings. The second kappa shape index (κ2) is 6.67. The summed E-state index contributed by atoms with van der Waals surface area (Å²) in [6.07, 6.45) is 0.197. The number of hydrogen-bond acceptors (Lipinski definition) is 5. The monoisotopic (exact) mass is 354 g/mol. The van der Waals surface area contributed by atoms with Crippen LogP contribution >= 0.6 is 27.3 Å². The molecule has 6 heteroatoms. The Morgan fingerprint density at radius 3 is 2.40 bits per heavy atom. The molecule has 0 radical (unpaired) electrons. The molecule has 0 aliphatic heterocycles. The summed E-state index contributed by atoms with van der Waals surface area (Å²) in [5.41, 5.74) is 0.801. The van der Waals surface area contributed by atoms with Crippen LogP contribution in [-0.2, 0) is 16.0 Å². The van der Waals surface area contributed by atoms with Gasteiger partial charge in [-0.3, -0.25) is 4.79 Å². The van der Waals surface area contributed by atoms with E-state index in [-0.39, 0.29) is 12.4 Å². The Bertz CT molecular complexity index is 618. The van der Waals surface area contributed by atoms with Crippen molar-refractivity contribution in [2.24, 2.45) is 0 Å². The van der Waals surface area contributed by atoms with Crippen LogP contribution in [0.1, 0.15) is 15.2 Å². The molecule has 0 fully saturated rings. The predicted octanol–water partition coefficient (Wildman–Crippen LogP) is 3.45. The molecule has 0 unspecified atom stereocenters. The first kappa shape index (κ1) is 14.7. The molecule has 2 rings (SSSR count). The minimum absolute atomic E-state index is 0.197. The van der Waals surface area contributed by atoms with E-state index in [1.165, 1.54) is 18.4 Å². The van der Waals surface area contributed by atoms with Crippen LogP contribution in [-0.4, -0.2) is 19.0 Å². The zero-order valence-corrected chi connectivity index (χ0v) is 13.0. The Hall–Kier alpha value is -1.66. The number of esters is 2. The molecule has 0 bridgehead atoms. The summed E-state index contributed by atoms with van der Waals surface area (Å²) >= 11 is 4.60. The molecular formula is C14H11BrO4S. The Balaban J connectivity index is 2.00. The lowest BCUT2D eigenvalue weighted by Gasteiger charge is -2.04. The van der Waals surface area contributed by atoms with Gasteiger partial charge in [-0.25, -0.2) is 4.79 Å². The van der Waals surface area contributed by atoms with Gasteiger partial charge < -0.3 is 9.47 Å². The third kappa shape index (κ3) is 3.91. The van der Waals surface area contributed by atoms with E-state index < -0.39 is 5.97 Å². The van der Waals surface area contributed by atoms with Gasteiger partial charge in [0.2, 0.25) is 0 Å². The number of hydrogen-bond donors (Lipinski definition) is 0. The zero-order chi connectivity index (χ0) is 14.5. The van der Waals surface area contributed by atoms with Gasteiger partial charge in [0.25, 0.3) is 0 Å². The quantitative estimate of drug-likeness (QED) is 0.623. The van der Waals surface area contributed by atoms with Crippen molar-refractivity contribution in [2.75, 3.05) is 7.11 Å². The smallest absolute Gasteiger partial charge is 0.353 e. The average Bonchev–Trinajstić information content (AvgIpc) is 2.87. The minimum Gasteiger partial charge on any atom is -0.469 e. The fourth-order valence-electron chi connectivity index (χ4n) is 1.50. The highest BCUT2D eigenvalue weighted by molar-refractivity contribution is 9.11. The van der Waals surface area contributed by atoms with Crippen molar-refractivity contribution in [2.45, 2.75) is 6.42 Å². The lowest BCUT2D eigenvalue weighted by Crippen LogP contribution is -2.07. The van der Waals surface area contributed by atoms with E-state index in [9.17, 15) is 9.59 Å². The Morgan fingerprint density at radius 2 is 1.85 bits per heavy atom. The molecular weight excluding hydrogens is 344 g/mol. The molecule has 2 aromatic rings. The van der Waals surface area contributed by atoms with Crippen LogP contribution in [0.3, 0.4) is 0 Å². The SMILES string of the molecule is COC(=O)Cc1ccc(OC(=O)c2ccc(Br)s2)cc1. The summed E-state index contributed by atoms with van der Waals surface area (Å²) in [5.74, 6) is -0.271. The number of rotatable bonds is 4. The lowest BCUT2D eigenvalue weighted by molar-refractivity contribution is -0.139. The fourth-order valence-corrected chi connectivity index (χ4v) is 2.76. The minimum atomic E-state index is -0.401. The summed E-state index contributed by atoms with van der Waals surface area (Å²) in [6.45, 7) is 0. The maximum Gasteiger partial charge on any atom is 0.353 e. The number of methoxy groups -OCH3 is 1. The molecule has 20 heavy (non-hydrogen) atoms. The van der Waals surface area contributed by atoms with E-state index in [4.69, 9.17) is 4.74 Å². The molecule has 1 heterocycles. The topological polar surface area (TPSA) is 52.6 Å². The van der Waals surface area contributed by atoms with Crippen molar-refractivity contribution < 1.29 is 19.1 Å². The second-order valence-electron chi connectivity index (χ2n) is 3.89. The number of carbonyl (C=O) groups excluding carboxylic acids is 2. The highest BCUT2D eigenvalue weighted by Crippen LogP contribution is 2.23. The van der Waals surface area contributed by atoms with Gasteiger partial charge in [-0.05, 0) is 45.8 Å². The number of thiophene rings is 1. The number of halogens is 1. The van der Waals surface area contributed by atoms with Crippen molar-refractivity contribution >= 4 is 39.2 Å². The molecule has 0 amide bonds. The Kier molecular flexibility index (Phi) is 4.92. The fraction of sp³-hybridized carbons (Fsp3) is 0.143. The Morgan fingerprint density at radius 1 is 1.15 bits per heavy atom. The summed E-state index contributed by atoms with van der Waals surface area (Å²) in [4.78, 5) is 23.5. The first-order valence-electron chi connectivity index (χ1n) is 5.72. The van der Waals surface area contributed by atoms with Gasteiger partial charge in [0.15, 0.2) is 0 Å². The number of benzene rings is 1. The third-order valence-corrected chi connectivity index (χ3v) is 4.09. The van der Waals surface area contributed by atoms with Gasteiger partial charge in [0, 0.05) is 0 Å². The summed E-state index contributed by atoms with van der Waals surface area (Å²) in [5, 5.41) is 0. The molecule has 104 valence electrons. The van der Waals surface area contributed by atoms with E-state index in [1.807, 2.05) is 0 Å². The first-order valence-corrected chi connectivity index (χ1v) is 7.32. The van der Waals surface area contributed by atoms with Crippen LogP contribution in [0.25, 0.3) is 0 Å². The van der Waals surface area contributed by atoms with Gasteiger partial charge >= 0.3 is 11.9 Å². The first-order chi connectivity index (χ1) is 9.58. The van der Waals surface area contributed by atoms with Gasteiger partial charge in [-0.1, -0.05) is 12.1 Å². The molecule has 1 aromatic carbocycles. The Labute approximate surface area is 128 Å². The molecule has 0 aliphatic carbocycles. The van der Waals surface area contributed by atoms with Crippen molar-refractivity contribution in [1.82, 2.24) is 0 Å². The van der Waals surface area contributed by atoms with E-state index in [2.05, 4.69) is 20.7 Å². The summed E-state index contributed by atoms with van der Waals surface area (Å²) < 4.78 is 10.7. The van der Waals surface area contributed by atoms with Gasteiger partial charge in [-0.15, -0.1) is 11.3 Å². The average molecular weight is 355 g/mol. The third-order valence-electron chi connectivity index (χ3n) is 2.48. The largest absolute Gasteiger partial charge is 0.469 e. The standard InChI is InChI=1S/C14H11BrO4S/c1-18-13(16)8-9-2-4-10(5-3-9)19-14(17)11-6-7-12(15)20-11/h2-7H,8H2,1H3. The number of ether oxygens (including phenoxy) is 2. The van der Waals surface area contributed by atoms with Crippen molar-refractivity contribution in [3.05, 3.63) is 50.6 Å². The van der Waals surface area contributed by atoms with Crippen molar-refractivity contribution in [3.8, 4) is 5.75 Å². The second-order valence-corrected chi connectivity index (χ2v) is 6.35. The van der Waals surface area contributed by atoms with E-state index in [1.54, 1.807) is 36.4 Å². The molecule has 0 saturated heterocycles. The van der Waals surface area contributed by atoms with Crippen molar-refractivity contribution in [1.29, 1.82) is 0 Å². The van der Waals surface area contributed by atoms with Gasteiger partial charge in [0.1, 0.15) is 10.6 Å². The van der Waals surface area contributed by atoms with Crippen molar-refractivity contribution in [3.63, 3.8) is 0 Å². The van der Waals surface area contributed by atoms with E-state index >= 15 is 0 Å². The molecule has 0 N–H and O–H groups in total. The van der Waals surface area contributed by atoms with Crippen LogP contribution in [0.5, 0.6) is 5.75 Å². The van der Waals surface area contributed by atoms with E-state index in [0.29, 0.717) is 10.6 Å². The van der Waals surface area contributed by atoms with Crippen LogP contribution in [0.4, 0.5) is 0 Å². The molecule has 4 nitrogen and oxygen atoms in total. The molecule has 0 atom stereocenters. The lowest BCUT2D eigenvalue weighted by atomic mass is 10.1. The van der Waals surface area contributed by atoms with Crippen LogP contribution in [0, 0.1) is 0 Å². The van der Waals surface area contributed by atoms with Crippen LogP contribution < -0.4 is 4.74 Å². The highest BCUT2D eigenvalue weighted by Gasteiger charge is 2.11. The van der Waals surface area contributed by atoms with Gasteiger partial charge in [-0.2, -0.15) is 0 Å². The molecule has 1 aromatic heterocycles. The molecule has 0 saturated carbocycles. The van der Waals surface area contributed by atoms with Crippen LogP contribution in [0.2, 0.25) is 0 Å². The maximum absolute atomic E-state index is 11.8. The highest BCUT2D eigenvalue weighted by atomic mass is 79.9. The maximum atomic E-state index is 11.8.